The maximum absolute atomic E-state index is 12.5. The van der Waals surface area contributed by atoms with Crippen molar-refractivity contribution >= 4 is 23.2 Å². The van der Waals surface area contributed by atoms with Gasteiger partial charge in [-0.3, -0.25) is 10.1 Å². The summed E-state index contributed by atoms with van der Waals surface area (Å²) >= 11 is 1.29. The van der Waals surface area contributed by atoms with E-state index in [1.54, 1.807) is 13.0 Å². The maximum atomic E-state index is 12.5. The number of hydrogen-bond acceptors (Lipinski definition) is 6. The molecule has 3 rings (SSSR count). The quantitative estimate of drug-likeness (QED) is 0.739. The third-order valence-corrected chi connectivity index (χ3v) is 4.96. The fourth-order valence-electron chi connectivity index (χ4n) is 2.53. The molecular weight excluding hydrogens is 348 g/mol. The van der Waals surface area contributed by atoms with Gasteiger partial charge in [0, 0.05) is 5.56 Å². The second-order valence-electron chi connectivity index (χ2n) is 5.74. The summed E-state index contributed by atoms with van der Waals surface area (Å²) in [6, 6.07) is 9.70. The van der Waals surface area contributed by atoms with Crippen LogP contribution in [0.2, 0.25) is 0 Å². The molecule has 128 valence electrons. The number of anilines is 1. The summed E-state index contributed by atoms with van der Waals surface area (Å²) in [4.78, 5) is 24.0. The number of hydrogen-bond donors (Lipinski definition) is 2. The van der Waals surface area contributed by atoms with Crippen LogP contribution in [0.1, 0.15) is 37.9 Å². The first-order valence-electron chi connectivity index (χ1n) is 7.69. The second-order valence-corrected chi connectivity index (χ2v) is 6.74. The molecule has 0 aliphatic rings. The molecular formula is C18H14N6OS. The zero-order valence-electron chi connectivity index (χ0n) is 14.3. The normalized spacial score (nSPS) is 10.2. The Morgan fingerprint density at radius 1 is 1.19 bits per heavy atom. The lowest BCUT2D eigenvalue weighted by Gasteiger charge is -2.03. The molecule has 0 saturated heterocycles. The molecule has 1 amide bonds. The average Bonchev–Trinajstić information content (AvgIpc) is 3.17. The van der Waals surface area contributed by atoms with Crippen molar-refractivity contribution in [3.8, 4) is 22.7 Å². The summed E-state index contributed by atoms with van der Waals surface area (Å²) in [6.07, 6.45) is 0. The molecule has 2 N–H and O–H groups in total. The average molecular weight is 362 g/mol. The number of nitrogens with zero attached hydrogens (tertiary/aromatic N) is 4. The zero-order chi connectivity index (χ0) is 18.8. The molecule has 3 aromatic rings. The van der Waals surface area contributed by atoms with Crippen molar-refractivity contribution in [3.63, 3.8) is 0 Å². The summed E-state index contributed by atoms with van der Waals surface area (Å²) in [5, 5.41) is 21.2. The molecule has 0 bridgehead atoms. The van der Waals surface area contributed by atoms with E-state index < -0.39 is 5.91 Å². The highest BCUT2D eigenvalue weighted by molar-refractivity contribution is 7.17. The third kappa shape index (κ3) is 3.18. The van der Waals surface area contributed by atoms with E-state index in [1.807, 2.05) is 32.0 Å². The van der Waals surface area contributed by atoms with Gasteiger partial charge in [0.1, 0.15) is 22.0 Å². The van der Waals surface area contributed by atoms with Crippen LogP contribution in [0.15, 0.2) is 18.2 Å². The van der Waals surface area contributed by atoms with Gasteiger partial charge in [-0.2, -0.15) is 10.5 Å². The van der Waals surface area contributed by atoms with Crippen LogP contribution in [-0.4, -0.2) is 20.9 Å². The summed E-state index contributed by atoms with van der Waals surface area (Å²) in [5.41, 5.74) is 3.81. The number of imidazole rings is 1. The minimum atomic E-state index is -0.390. The lowest BCUT2D eigenvalue weighted by molar-refractivity contribution is 0.102. The van der Waals surface area contributed by atoms with Crippen LogP contribution in [-0.2, 0) is 0 Å². The first kappa shape index (κ1) is 17.3. The number of carbonyl (C=O) groups excluding carboxylic acids is 1. The summed E-state index contributed by atoms with van der Waals surface area (Å²) in [5.74, 6) is -0.331. The van der Waals surface area contributed by atoms with Crippen LogP contribution in [0.3, 0.4) is 0 Å². The molecule has 0 unspecified atom stereocenters. The standard InChI is InChI=1S/C18H14N6OS/c1-9-4-5-12(10(2)6-9)17-21-11(3)15(26-17)16(25)24-18-22-13(7-19)14(8-20)23-18/h4-6H,1-3H3,(H2,22,23,24,25). The van der Waals surface area contributed by atoms with Gasteiger partial charge in [-0.05, 0) is 26.3 Å². The Bertz CT molecular complexity index is 1060. The number of nitrogens with one attached hydrogen (secondary N) is 2. The lowest BCUT2D eigenvalue weighted by Crippen LogP contribution is -2.12. The van der Waals surface area contributed by atoms with Gasteiger partial charge < -0.3 is 4.98 Å². The Kier molecular flexibility index (Phi) is 4.53. The number of rotatable bonds is 3. The molecule has 8 heteroatoms. The molecule has 0 saturated carbocycles. The predicted molar refractivity (Wildman–Crippen MR) is 97.7 cm³/mol. The minimum absolute atomic E-state index is 0.0137. The van der Waals surface area contributed by atoms with Crippen molar-refractivity contribution in [3.05, 3.63) is 51.3 Å². The van der Waals surface area contributed by atoms with E-state index in [9.17, 15) is 4.79 Å². The first-order chi connectivity index (χ1) is 12.4. The van der Waals surface area contributed by atoms with Crippen molar-refractivity contribution < 1.29 is 4.79 Å². The highest BCUT2D eigenvalue weighted by Crippen LogP contribution is 2.31. The topological polar surface area (TPSA) is 118 Å². The van der Waals surface area contributed by atoms with Crippen LogP contribution in [0.4, 0.5) is 5.95 Å². The predicted octanol–water partition coefficient (Wildman–Crippen LogP) is 3.45. The van der Waals surface area contributed by atoms with Crippen LogP contribution in [0.25, 0.3) is 10.6 Å². The fraction of sp³-hybridized carbons (Fsp3) is 0.167. The van der Waals surface area contributed by atoms with Crippen molar-refractivity contribution in [2.45, 2.75) is 20.8 Å². The summed E-state index contributed by atoms with van der Waals surface area (Å²) in [6.45, 7) is 5.80. The van der Waals surface area contributed by atoms with E-state index in [2.05, 4.69) is 26.3 Å². The van der Waals surface area contributed by atoms with E-state index in [4.69, 9.17) is 10.5 Å². The number of nitriles is 2. The summed E-state index contributed by atoms with van der Waals surface area (Å²) in [7, 11) is 0. The number of carbonyl (C=O) groups is 1. The highest BCUT2D eigenvalue weighted by atomic mass is 32.1. The molecule has 7 nitrogen and oxygen atoms in total. The molecule has 1 aromatic carbocycles. The monoisotopic (exact) mass is 362 g/mol. The van der Waals surface area contributed by atoms with Crippen molar-refractivity contribution in [1.29, 1.82) is 10.5 Å². The van der Waals surface area contributed by atoms with E-state index in [0.29, 0.717) is 10.6 Å². The number of thiazole rings is 1. The number of benzene rings is 1. The lowest BCUT2D eigenvalue weighted by atomic mass is 10.1. The number of H-pyrrole nitrogens is 1. The van der Waals surface area contributed by atoms with Crippen molar-refractivity contribution in [1.82, 2.24) is 15.0 Å². The first-order valence-corrected chi connectivity index (χ1v) is 8.51. The molecule has 0 fully saturated rings. The van der Waals surface area contributed by atoms with Gasteiger partial charge in [0.15, 0.2) is 11.4 Å². The number of aromatic amines is 1. The summed E-state index contributed by atoms with van der Waals surface area (Å²) < 4.78 is 0. The van der Waals surface area contributed by atoms with E-state index in [1.165, 1.54) is 11.3 Å². The highest BCUT2D eigenvalue weighted by Gasteiger charge is 2.19. The molecule has 0 radical (unpaired) electrons. The fourth-order valence-corrected chi connectivity index (χ4v) is 3.59. The van der Waals surface area contributed by atoms with E-state index in [0.717, 1.165) is 21.7 Å². The van der Waals surface area contributed by atoms with Gasteiger partial charge in [-0.25, -0.2) is 9.97 Å². The van der Waals surface area contributed by atoms with E-state index >= 15 is 0 Å². The van der Waals surface area contributed by atoms with Crippen LogP contribution in [0, 0.1) is 43.4 Å². The molecule has 0 atom stereocenters. The number of amides is 1. The molecule has 0 aliphatic carbocycles. The van der Waals surface area contributed by atoms with Gasteiger partial charge in [0.2, 0.25) is 5.95 Å². The number of aryl methyl sites for hydroxylation is 3. The van der Waals surface area contributed by atoms with Crippen LogP contribution in [0.5, 0.6) is 0 Å². The van der Waals surface area contributed by atoms with Crippen molar-refractivity contribution in [2.24, 2.45) is 0 Å². The molecule has 26 heavy (non-hydrogen) atoms. The zero-order valence-corrected chi connectivity index (χ0v) is 15.2. The Morgan fingerprint density at radius 3 is 2.58 bits per heavy atom. The molecule has 0 aliphatic heterocycles. The van der Waals surface area contributed by atoms with Crippen LogP contribution >= 0.6 is 11.3 Å². The number of aromatic nitrogens is 3. The molecule has 0 spiro atoms. The van der Waals surface area contributed by atoms with Crippen LogP contribution < -0.4 is 5.32 Å². The van der Waals surface area contributed by atoms with Crippen molar-refractivity contribution in [2.75, 3.05) is 5.32 Å². The largest absolute Gasteiger partial charge is 0.314 e. The van der Waals surface area contributed by atoms with Gasteiger partial charge in [-0.15, -0.1) is 11.3 Å². The van der Waals surface area contributed by atoms with E-state index in [-0.39, 0.29) is 17.3 Å². The third-order valence-electron chi connectivity index (χ3n) is 3.77. The Morgan fingerprint density at radius 2 is 1.96 bits per heavy atom. The Balaban J connectivity index is 1.89. The molecule has 2 aromatic heterocycles. The maximum Gasteiger partial charge on any atom is 0.269 e. The SMILES string of the molecule is Cc1ccc(-c2nc(C)c(C(=O)Nc3nc(C#N)c(C#N)[nH]3)s2)c(C)c1. The molecule has 2 heterocycles. The smallest absolute Gasteiger partial charge is 0.269 e. The minimum Gasteiger partial charge on any atom is -0.314 e. The Labute approximate surface area is 154 Å². The Hall–Kier alpha value is -3.49. The van der Waals surface area contributed by atoms with Gasteiger partial charge in [-0.1, -0.05) is 23.8 Å². The van der Waals surface area contributed by atoms with Gasteiger partial charge in [0.05, 0.1) is 5.69 Å². The second kappa shape index (κ2) is 6.79. The van der Waals surface area contributed by atoms with Gasteiger partial charge in [0.25, 0.3) is 5.91 Å². The van der Waals surface area contributed by atoms with Gasteiger partial charge >= 0.3 is 0 Å².